The van der Waals surface area contributed by atoms with E-state index in [-0.39, 0.29) is 41.1 Å². The third-order valence-electron chi connectivity index (χ3n) is 6.59. The van der Waals surface area contributed by atoms with Gasteiger partial charge in [0, 0.05) is 32.7 Å². The molecule has 0 radical (unpaired) electrons. The van der Waals surface area contributed by atoms with Gasteiger partial charge in [0.2, 0.25) is 26.0 Å². The highest BCUT2D eigenvalue weighted by molar-refractivity contribution is 7.89. The lowest BCUT2D eigenvalue weighted by molar-refractivity contribution is -0.126. The van der Waals surface area contributed by atoms with Crippen LogP contribution >= 0.6 is 0 Å². The summed E-state index contributed by atoms with van der Waals surface area (Å²) in [6, 6.07) is 9.71. The molecule has 2 aliphatic heterocycles. The Bertz CT molecular complexity index is 1310. The molecule has 196 valence electrons. The normalized spacial score (nSPS) is 19.8. The number of methoxy groups -OCH3 is 1. The lowest BCUT2D eigenvalue weighted by Gasteiger charge is -2.31. The number of piperidine rings is 1. The molecule has 1 unspecified atom stereocenters. The molecule has 2 aromatic carbocycles. The van der Waals surface area contributed by atoms with Gasteiger partial charge in [-0.25, -0.2) is 21.2 Å². The van der Waals surface area contributed by atoms with E-state index in [0.717, 1.165) is 30.5 Å². The fourth-order valence-electron chi connectivity index (χ4n) is 4.56. The lowest BCUT2D eigenvalue weighted by Crippen LogP contribution is -2.45. The van der Waals surface area contributed by atoms with Gasteiger partial charge in [-0.15, -0.1) is 0 Å². The molecule has 2 fully saturated rings. The summed E-state index contributed by atoms with van der Waals surface area (Å²) in [4.78, 5) is 12.8. The molecule has 0 bridgehead atoms. The topological polar surface area (TPSA) is 113 Å². The standard InChI is InChI=1S/C24H30FN3O6S2/c1-34-22-11-8-20(25)15-23(22)36(32,33)28-14-4-5-19(17-28)24(29)26-16-18-6-9-21(10-7-18)35(30,31)27-12-2-3-13-27/h6-11,15,19H,2-5,12-14,16-17H2,1H3,(H,26,29). The van der Waals surface area contributed by atoms with Crippen LogP contribution in [0.2, 0.25) is 0 Å². The summed E-state index contributed by atoms with van der Waals surface area (Å²) in [5.74, 6) is -1.52. The Morgan fingerprint density at radius 1 is 0.972 bits per heavy atom. The largest absolute Gasteiger partial charge is 0.495 e. The Kier molecular flexibility index (Phi) is 7.98. The molecule has 12 heteroatoms. The first kappa shape index (κ1) is 26.5. The number of carbonyl (C=O) groups excluding carboxylic acids is 1. The number of nitrogens with one attached hydrogen (secondary N) is 1. The van der Waals surface area contributed by atoms with E-state index in [1.54, 1.807) is 12.1 Å². The first-order valence-corrected chi connectivity index (χ1v) is 14.7. The number of carbonyl (C=O) groups is 1. The quantitative estimate of drug-likeness (QED) is 0.551. The molecule has 36 heavy (non-hydrogen) atoms. The van der Waals surface area contributed by atoms with Crippen LogP contribution in [-0.2, 0) is 31.4 Å². The Labute approximate surface area is 211 Å². The van der Waals surface area contributed by atoms with Gasteiger partial charge in [-0.2, -0.15) is 8.61 Å². The Balaban J connectivity index is 1.38. The number of rotatable bonds is 8. The molecule has 1 atom stereocenters. The smallest absolute Gasteiger partial charge is 0.246 e. The minimum atomic E-state index is -4.06. The molecule has 2 saturated heterocycles. The van der Waals surface area contributed by atoms with Crippen LogP contribution in [0, 0.1) is 11.7 Å². The van der Waals surface area contributed by atoms with E-state index in [4.69, 9.17) is 4.74 Å². The number of halogens is 1. The number of hydrogen-bond acceptors (Lipinski definition) is 6. The maximum absolute atomic E-state index is 13.8. The van der Waals surface area contributed by atoms with E-state index >= 15 is 0 Å². The van der Waals surface area contributed by atoms with Crippen LogP contribution in [0.25, 0.3) is 0 Å². The highest BCUT2D eigenvalue weighted by Gasteiger charge is 2.35. The summed E-state index contributed by atoms with van der Waals surface area (Å²) < 4.78 is 73.2. The summed E-state index contributed by atoms with van der Waals surface area (Å²) in [6.45, 7) is 1.43. The first-order chi connectivity index (χ1) is 17.1. The van der Waals surface area contributed by atoms with Gasteiger partial charge in [-0.05, 0) is 61.6 Å². The number of benzene rings is 2. The first-order valence-electron chi connectivity index (χ1n) is 11.8. The van der Waals surface area contributed by atoms with E-state index in [1.165, 1.54) is 33.9 Å². The molecule has 0 spiro atoms. The minimum absolute atomic E-state index is 0.0269. The molecule has 2 heterocycles. The van der Waals surface area contributed by atoms with Crippen molar-refractivity contribution in [3.05, 3.63) is 53.8 Å². The van der Waals surface area contributed by atoms with E-state index in [9.17, 15) is 26.0 Å². The molecule has 2 aliphatic rings. The fourth-order valence-corrected chi connectivity index (χ4v) is 7.76. The minimum Gasteiger partial charge on any atom is -0.495 e. The van der Waals surface area contributed by atoms with Crippen molar-refractivity contribution in [2.75, 3.05) is 33.3 Å². The Morgan fingerprint density at radius 3 is 2.31 bits per heavy atom. The van der Waals surface area contributed by atoms with Crippen molar-refractivity contribution in [3.8, 4) is 5.75 Å². The zero-order valence-corrected chi connectivity index (χ0v) is 21.7. The molecular weight excluding hydrogens is 509 g/mol. The van der Waals surface area contributed by atoms with Crippen molar-refractivity contribution >= 4 is 26.0 Å². The highest BCUT2D eigenvalue weighted by atomic mass is 32.2. The molecule has 4 rings (SSSR count). The van der Waals surface area contributed by atoms with Crippen LogP contribution in [0.3, 0.4) is 0 Å². The number of sulfonamides is 2. The van der Waals surface area contributed by atoms with Crippen molar-refractivity contribution in [2.45, 2.75) is 42.0 Å². The zero-order valence-electron chi connectivity index (χ0n) is 20.0. The van der Waals surface area contributed by atoms with Crippen molar-refractivity contribution in [1.82, 2.24) is 13.9 Å². The number of hydrogen-bond donors (Lipinski definition) is 1. The average molecular weight is 540 g/mol. The Morgan fingerprint density at radius 2 is 1.64 bits per heavy atom. The van der Waals surface area contributed by atoms with Gasteiger partial charge in [0.1, 0.15) is 16.5 Å². The summed E-state index contributed by atoms with van der Waals surface area (Å²) in [5, 5.41) is 2.82. The van der Waals surface area contributed by atoms with Crippen molar-refractivity contribution in [2.24, 2.45) is 5.92 Å². The van der Waals surface area contributed by atoms with Crippen LogP contribution in [0.15, 0.2) is 52.3 Å². The molecule has 0 aliphatic carbocycles. The van der Waals surface area contributed by atoms with Crippen LogP contribution in [0.5, 0.6) is 5.75 Å². The van der Waals surface area contributed by atoms with Crippen molar-refractivity contribution in [3.63, 3.8) is 0 Å². The van der Waals surface area contributed by atoms with E-state index < -0.39 is 31.8 Å². The third kappa shape index (κ3) is 5.56. The Hall–Kier alpha value is -2.54. The maximum Gasteiger partial charge on any atom is 0.246 e. The summed E-state index contributed by atoms with van der Waals surface area (Å²) in [7, 11) is -6.25. The summed E-state index contributed by atoms with van der Waals surface area (Å²) >= 11 is 0. The lowest BCUT2D eigenvalue weighted by atomic mass is 9.99. The molecule has 2 aromatic rings. The van der Waals surface area contributed by atoms with E-state index in [2.05, 4.69) is 5.32 Å². The van der Waals surface area contributed by atoms with Gasteiger partial charge in [-0.3, -0.25) is 4.79 Å². The number of ether oxygens (including phenoxy) is 1. The van der Waals surface area contributed by atoms with Crippen LogP contribution in [0.1, 0.15) is 31.2 Å². The van der Waals surface area contributed by atoms with Crippen LogP contribution in [0.4, 0.5) is 4.39 Å². The highest BCUT2D eigenvalue weighted by Crippen LogP contribution is 2.30. The van der Waals surface area contributed by atoms with Gasteiger partial charge in [-0.1, -0.05) is 12.1 Å². The van der Waals surface area contributed by atoms with Gasteiger partial charge in [0.15, 0.2) is 0 Å². The molecule has 0 saturated carbocycles. The zero-order chi connectivity index (χ0) is 25.9. The maximum atomic E-state index is 13.8. The third-order valence-corrected chi connectivity index (χ3v) is 10.4. The fraction of sp³-hybridized carbons (Fsp3) is 0.458. The summed E-state index contributed by atoms with van der Waals surface area (Å²) in [6.07, 6.45) is 2.72. The molecule has 1 amide bonds. The second-order valence-corrected chi connectivity index (χ2v) is 12.8. The van der Waals surface area contributed by atoms with Crippen LogP contribution < -0.4 is 10.1 Å². The van der Waals surface area contributed by atoms with Gasteiger partial charge in [0.05, 0.1) is 17.9 Å². The van der Waals surface area contributed by atoms with E-state index in [0.29, 0.717) is 25.9 Å². The molecule has 1 N–H and O–H groups in total. The molecule has 9 nitrogen and oxygen atoms in total. The SMILES string of the molecule is COc1ccc(F)cc1S(=O)(=O)N1CCCC(C(=O)NCc2ccc(S(=O)(=O)N3CCCC3)cc2)C1. The van der Waals surface area contributed by atoms with E-state index in [1.807, 2.05) is 0 Å². The number of amides is 1. The molecule has 0 aromatic heterocycles. The second-order valence-electron chi connectivity index (χ2n) is 8.97. The predicted molar refractivity (Wildman–Crippen MR) is 131 cm³/mol. The van der Waals surface area contributed by atoms with Gasteiger partial charge < -0.3 is 10.1 Å². The summed E-state index contributed by atoms with van der Waals surface area (Å²) in [5.41, 5.74) is 0.730. The molecular formula is C24H30FN3O6S2. The van der Waals surface area contributed by atoms with Crippen molar-refractivity contribution in [1.29, 1.82) is 0 Å². The van der Waals surface area contributed by atoms with Gasteiger partial charge >= 0.3 is 0 Å². The monoisotopic (exact) mass is 539 g/mol. The average Bonchev–Trinajstić information content (AvgIpc) is 3.44. The number of nitrogens with zero attached hydrogens (tertiary/aromatic N) is 2. The van der Waals surface area contributed by atoms with Crippen LogP contribution in [-0.4, -0.2) is 64.6 Å². The second kappa shape index (κ2) is 10.8. The van der Waals surface area contributed by atoms with Gasteiger partial charge in [0.25, 0.3) is 0 Å². The van der Waals surface area contributed by atoms with Crippen molar-refractivity contribution < 1.29 is 30.8 Å². The predicted octanol–water partition coefficient (Wildman–Crippen LogP) is 2.34.